The Morgan fingerprint density at radius 1 is 1.27 bits per heavy atom. The molecule has 0 radical (unpaired) electrons. The molecule has 1 aromatic rings. The largest absolute Gasteiger partial charge is 0.363 e. The lowest BCUT2D eigenvalue weighted by Crippen LogP contribution is -2.12. The van der Waals surface area contributed by atoms with Crippen LogP contribution in [0.1, 0.15) is 11.1 Å². The number of pyridine rings is 1. The van der Waals surface area contributed by atoms with Gasteiger partial charge in [-0.3, -0.25) is 0 Å². The molecule has 60 valence electrons. The van der Waals surface area contributed by atoms with Gasteiger partial charge in [0.25, 0.3) is 0 Å². The SMILES string of the molecule is Cc1ccnc(N(C)C)c1C. The Bertz CT molecular complexity index is 254. The van der Waals surface area contributed by atoms with Gasteiger partial charge in [-0.25, -0.2) is 4.98 Å². The molecule has 0 unspecified atom stereocenters. The minimum Gasteiger partial charge on any atom is -0.363 e. The predicted octanol–water partition coefficient (Wildman–Crippen LogP) is 1.76. The van der Waals surface area contributed by atoms with Crippen molar-refractivity contribution in [3.05, 3.63) is 23.4 Å². The Morgan fingerprint density at radius 3 is 2.36 bits per heavy atom. The Morgan fingerprint density at radius 2 is 1.91 bits per heavy atom. The highest BCUT2D eigenvalue weighted by Gasteiger charge is 2.02. The zero-order valence-corrected chi connectivity index (χ0v) is 7.55. The van der Waals surface area contributed by atoms with Crippen molar-refractivity contribution >= 4 is 5.82 Å². The van der Waals surface area contributed by atoms with Gasteiger partial charge in [0, 0.05) is 20.3 Å². The zero-order valence-electron chi connectivity index (χ0n) is 7.55. The smallest absolute Gasteiger partial charge is 0.131 e. The van der Waals surface area contributed by atoms with Gasteiger partial charge in [0.1, 0.15) is 5.82 Å². The van der Waals surface area contributed by atoms with Crippen molar-refractivity contribution in [3.63, 3.8) is 0 Å². The van der Waals surface area contributed by atoms with Crippen LogP contribution in [0.4, 0.5) is 5.82 Å². The highest BCUT2D eigenvalue weighted by molar-refractivity contribution is 5.47. The molecule has 0 aromatic carbocycles. The van der Waals surface area contributed by atoms with E-state index in [1.165, 1.54) is 11.1 Å². The van der Waals surface area contributed by atoms with Gasteiger partial charge in [0.15, 0.2) is 0 Å². The average Bonchev–Trinajstić information content (AvgIpc) is 1.94. The average molecular weight is 150 g/mol. The molecule has 2 nitrogen and oxygen atoms in total. The molecule has 0 saturated heterocycles. The van der Waals surface area contributed by atoms with Gasteiger partial charge in [-0.2, -0.15) is 0 Å². The van der Waals surface area contributed by atoms with E-state index in [-0.39, 0.29) is 0 Å². The second-order valence-corrected chi connectivity index (χ2v) is 2.97. The molecular weight excluding hydrogens is 136 g/mol. The number of hydrogen-bond acceptors (Lipinski definition) is 2. The number of aromatic nitrogens is 1. The first kappa shape index (κ1) is 8.05. The van der Waals surface area contributed by atoms with Crippen molar-refractivity contribution in [2.24, 2.45) is 0 Å². The highest BCUT2D eigenvalue weighted by atomic mass is 15.1. The number of rotatable bonds is 1. The standard InChI is InChI=1S/C9H14N2/c1-7-5-6-10-9(8(7)2)11(3)4/h5-6H,1-4H3. The monoisotopic (exact) mass is 150 g/mol. The summed E-state index contributed by atoms with van der Waals surface area (Å²) in [6.45, 7) is 4.20. The number of hydrogen-bond donors (Lipinski definition) is 0. The van der Waals surface area contributed by atoms with Crippen molar-refractivity contribution in [2.45, 2.75) is 13.8 Å². The van der Waals surface area contributed by atoms with Gasteiger partial charge in [-0.05, 0) is 31.0 Å². The van der Waals surface area contributed by atoms with Crippen LogP contribution in [-0.2, 0) is 0 Å². The summed E-state index contributed by atoms with van der Waals surface area (Å²) in [6, 6.07) is 2.03. The lowest BCUT2D eigenvalue weighted by atomic mass is 10.1. The number of anilines is 1. The van der Waals surface area contributed by atoms with Gasteiger partial charge >= 0.3 is 0 Å². The van der Waals surface area contributed by atoms with E-state index in [0.29, 0.717) is 0 Å². The van der Waals surface area contributed by atoms with Crippen LogP contribution in [0.3, 0.4) is 0 Å². The fourth-order valence-electron chi connectivity index (χ4n) is 1.07. The molecule has 0 aliphatic heterocycles. The lowest BCUT2D eigenvalue weighted by Gasteiger charge is -2.14. The second kappa shape index (κ2) is 2.91. The van der Waals surface area contributed by atoms with Crippen LogP contribution in [0.2, 0.25) is 0 Å². The minimum atomic E-state index is 1.06. The van der Waals surface area contributed by atoms with Crippen LogP contribution in [-0.4, -0.2) is 19.1 Å². The maximum atomic E-state index is 4.26. The Labute approximate surface area is 67.9 Å². The fourth-order valence-corrected chi connectivity index (χ4v) is 1.07. The first-order chi connectivity index (χ1) is 5.13. The molecule has 0 saturated carbocycles. The molecule has 0 N–H and O–H groups in total. The Kier molecular flexibility index (Phi) is 2.13. The van der Waals surface area contributed by atoms with E-state index in [1.807, 2.05) is 31.3 Å². The van der Waals surface area contributed by atoms with E-state index in [2.05, 4.69) is 18.8 Å². The summed E-state index contributed by atoms with van der Waals surface area (Å²) in [6.07, 6.45) is 1.84. The van der Waals surface area contributed by atoms with E-state index in [1.54, 1.807) is 0 Å². The molecule has 0 bridgehead atoms. The highest BCUT2D eigenvalue weighted by Crippen LogP contribution is 2.16. The van der Waals surface area contributed by atoms with Gasteiger partial charge in [0.2, 0.25) is 0 Å². The molecule has 1 rings (SSSR count). The van der Waals surface area contributed by atoms with Crippen molar-refractivity contribution in [1.29, 1.82) is 0 Å². The van der Waals surface area contributed by atoms with Crippen LogP contribution in [0.25, 0.3) is 0 Å². The third-order valence-electron chi connectivity index (χ3n) is 1.87. The van der Waals surface area contributed by atoms with Crippen LogP contribution in [0, 0.1) is 13.8 Å². The fraction of sp³-hybridized carbons (Fsp3) is 0.444. The zero-order chi connectivity index (χ0) is 8.43. The quantitative estimate of drug-likeness (QED) is 0.606. The van der Waals surface area contributed by atoms with Gasteiger partial charge in [-0.15, -0.1) is 0 Å². The topological polar surface area (TPSA) is 16.1 Å². The van der Waals surface area contributed by atoms with Crippen molar-refractivity contribution < 1.29 is 0 Å². The summed E-state index contributed by atoms with van der Waals surface area (Å²) in [5.74, 6) is 1.06. The van der Waals surface area contributed by atoms with Gasteiger partial charge in [0.05, 0.1) is 0 Å². The van der Waals surface area contributed by atoms with E-state index >= 15 is 0 Å². The Hall–Kier alpha value is -1.05. The van der Waals surface area contributed by atoms with Crippen LogP contribution < -0.4 is 4.90 Å². The van der Waals surface area contributed by atoms with Crippen molar-refractivity contribution in [2.75, 3.05) is 19.0 Å². The number of nitrogens with zero attached hydrogens (tertiary/aromatic N) is 2. The number of aryl methyl sites for hydroxylation is 1. The van der Waals surface area contributed by atoms with Gasteiger partial charge < -0.3 is 4.90 Å². The summed E-state index contributed by atoms with van der Waals surface area (Å²) >= 11 is 0. The molecule has 1 heterocycles. The third-order valence-corrected chi connectivity index (χ3v) is 1.87. The third kappa shape index (κ3) is 1.50. The molecule has 0 amide bonds. The first-order valence-corrected chi connectivity index (χ1v) is 3.72. The molecular formula is C9H14N2. The molecule has 0 fully saturated rings. The maximum Gasteiger partial charge on any atom is 0.131 e. The van der Waals surface area contributed by atoms with Crippen LogP contribution in [0.15, 0.2) is 12.3 Å². The predicted molar refractivity (Wildman–Crippen MR) is 48.0 cm³/mol. The van der Waals surface area contributed by atoms with E-state index in [4.69, 9.17) is 0 Å². The second-order valence-electron chi connectivity index (χ2n) is 2.97. The Balaban J connectivity index is 3.17. The summed E-state index contributed by atoms with van der Waals surface area (Å²) in [7, 11) is 4.02. The first-order valence-electron chi connectivity index (χ1n) is 3.72. The van der Waals surface area contributed by atoms with E-state index in [0.717, 1.165) is 5.82 Å². The summed E-state index contributed by atoms with van der Waals surface area (Å²) in [5.41, 5.74) is 2.56. The molecule has 0 aliphatic carbocycles. The molecule has 1 aromatic heterocycles. The molecule has 2 heteroatoms. The molecule has 0 atom stereocenters. The summed E-state index contributed by atoms with van der Waals surface area (Å²) in [4.78, 5) is 6.29. The minimum absolute atomic E-state index is 1.06. The van der Waals surface area contributed by atoms with E-state index in [9.17, 15) is 0 Å². The van der Waals surface area contributed by atoms with E-state index < -0.39 is 0 Å². The molecule has 0 spiro atoms. The van der Waals surface area contributed by atoms with Crippen molar-refractivity contribution in [3.8, 4) is 0 Å². The lowest BCUT2D eigenvalue weighted by molar-refractivity contribution is 1.04. The van der Waals surface area contributed by atoms with Crippen LogP contribution >= 0.6 is 0 Å². The molecule has 0 aliphatic rings. The summed E-state index contributed by atoms with van der Waals surface area (Å²) < 4.78 is 0. The summed E-state index contributed by atoms with van der Waals surface area (Å²) in [5, 5.41) is 0. The molecule has 11 heavy (non-hydrogen) atoms. The van der Waals surface area contributed by atoms with Crippen LogP contribution in [0.5, 0.6) is 0 Å². The normalized spacial score (nSPS) is 9.82. The van der Waals surface area contributed by atoms with Gasteiger partial charge in [-0.1, -0.05) is 0 Å². The van der Waals surface area contributed by atoms with Crippen molar-refractivity contribution in [1.82, 2.24) is 4.98 Å². The maximum absolute atomic E-state index is 4.26.